The van der Waals surface area contributed by atoms with Crippen molar-refractivity contribution >= 4 is 44.1 Å². The summed E-state index contributed by atoms with van der Waals surface area (Å²) in [4.78, 5) is 2.05. The van der Waals surface area contributed by atoms with Crippen molar-refractivity contribution in [3.8, 4) is 5.75 Å². The van der Waals surface area contributed by atoms with Gasteiger partial charge in [0, 0.05) is 37.2 Å². The molecule has 7 nitrogen and oxygen atoms in total. The lowest BCUT2D eigenvalue weighted by Crippen LogP contribution is -2.40. The summed E-state index contributed by atoms with van der Waals surface area (Å²) < 4.78 is 33.7. The number of hydrogen-bond donors (Lipinski definition) is 2. The molecule has 0 bridgehead atoms. The third-order valence-electron chi connectivity index (χ3n) is 6.88. The van der Waals surface area contributed by atoms with E-state index in [0.717, 1.165) is 59.1 Å². The van der Waals surface area contributed by atoms with Crippen LogP contribution in [-0.4, -0.2) is 44.1 Å². The predicted molar refractivity (Wildman–Crippen MR) is 146 cm³/mol. The van der Waals surface area contributed by atoms with Crippen LogP contribution in [0.4, 0.5) is 5.69 Å². The van der Waals surface area contributed by atoms with Crippen molar-refractivity contribution in [3.05, 3.63) is 76.7 Å². The molecule has 2 aliphatic rings. The molecule has 1 saturated heterocycles. The third-order valence-corrected chi connectivity index (χ3v) is 8.30. The van der Waals surface area contributed by atoms with Crippen molar-refractivity contribution in [3.63, 3.8) is 0 Å². The summed E-state index contributed by atoms with van der Waals surface area (Å²) in [7, 11) is -3.61. The van der Waals surface area contributed by atoms with E-state index in [0.29, 0.717) is 17.2 Å². The summed E-state index contributed by atoms with van der Waals surface area (Å²) in [6.45, 7) is 5.40. The van der Waals surface area contributed by atoms with Gasteiger partial charge in [-0.05, 0) is 72.2 Å². The number of sulfonamides is 1. The Hall–Kier alpha value is -3.65. The summed E-state index contributed by atoms with van der Waals surface area (Å²) in [5, 5.41) is 19.0. The number of likely N-dealkylation sites (tertiary alicyclic amines) is 1. The van der Waals surface area contributed by atoms with Crippen molar-refractivity contribution in [1.82, 2.24) is 4.90 Å². The van der Waals surface area contributed by atoms with Gasteiger partial charge < -0.3 is 15.0 Å². The molecule has 2 heterocycles. The average molecular weight is 503 g/mol. The van der Waals surface area contributed by atoms with E-state index in [1.165, 1.54) is 9.71 Å². The summed E-state index contributed by atoms with van der Waals surface area (Å²) in [6.07, 6.45) is 3.42. The molecule has 186 valence electrons. The highest BCUT2D eigenvalue weighted by Gasteiger charge is 2.27. The van der Waals surface area contributed by atoms with Gasteiger partial charge in [0.1, 0.15) is 11.9 Å². The second-order valence-electron chi connectivity index (χ2n) is 9.49. The topological polar surface area (TPSA) is 97.6 Å². The second kappa shape index (κ2) is 9.43. The van der Waals surface area contributed by atoms with Crippen LogP contribution in [0, 0.1) is 10.8 Å². The number of piperidine rings is 1. The quantitative estimate of drug-likeness (QED) is 0.361. The van der Waals surface area contributed by atoms with Crippen molar-refractivity contribution < 1.29 is 13.2 Å². The smallest absolute Gasteiger partial charge is 0.257 e. The maximum atomic E-state index is 13.0. The molecule has 36 heavy (non-hydrogen) atoms. The number of rotatable bonds is 5. The van der Waals surface area contributed by atoms with Crippen molar-refractivity contribution in [2.45, 2.75) is 39.3 Å². The SMILES string of the molecule is CC(=N)c1ccc2ccc(CN3c4ccc(OC5CCN(C(C)=N)CC5)cc4C=CS3(=O)=O)cc2c1. The highest BCUT2D eigenvalue weighted by atomic mass is 32.2. The molecule has 0 radical (unpaired) electrons. The first-order valence-corrected chi connectivity index (χ1v) is 13.6. The molecule has 2 aliphatic heterocycles. The Morgan fingerprint density at radius 2 is 1.72 bits per heavy atom. The Morgan fingerprint density at radius 1 is 0.972 bits per heavy atom. The zero-order valence-corrected chi connectivity index (χ0v) is 21.3. The summed E-state index contributed by atoms with van der Waals surface area (Å²) in [5.74, 6) is 1.31. The van der Waals surface area contributed by atoms with Crippen LogP contribution in [0.2, 0.25) is 0 Å². The number of hydrogen-bond acceptors (Lipinski definition) is 5. The molecule has 3 aromatic rings. The number of ether oxygens (including phenoxy) is 1. The minimum atomic E-state index is -3.61. The number of nitrogens with zero attached hydrogens (tertiary/aromatic N) is 2. The van der Waals surface area contributed by atoms with Crippen molar-refractivity contribution in [1.29, 1.82) is 10.8 Å². The first-order chi connectivity index (χ1) is 17.2. The van der Waals surface area contributed by atoms with E-state index in [1.807, 2.05) is 61.5 Å². The molecular weight excluding hydrogens is 472 g/mol. The molecule has 0 unspecified atom stereocenters. The Kier molecular flexibility index (Phi) is 6.30. The van der Waals surface area contributed by atoms with Crippen LogP contribution in [-0.2, 0) is 16.6 Å². The molecule has 5 rings (SSSR count). The molecule has 3 aromatic carbocycles. The van der Waals surface area contributed by atoms with Gasteiger partial charge in [0.05, 0.1) is 23.5 Å². The van der Waals surface area contributed by atoms with Gasteiger partial charge in [-0.2, -0.15) is 0 Å². The maximum absolute atomic E-state index is 13.0. The fraction of sp³-hybridized carbons (Fsp3) is 0.286. The van der Waals surface area contributed by atoms with Gasteiger partial charge in [-0.1, -0.05) is 24.3 Å². The first kappa shape index (κ1) is 24.1. The molecule has 0 atom stereocenters. The van der Waals surface area contributed by atoms with E-state index in [4.69, 9.17) is 15.6 Å². The maximum Gasteiger partial charge on any atom is 0.257 e. The molecule has 0 aliphatic carbocycles. The van der Waals surface area contributed by atoms with Gasteiger partial charge in [0.15, 0.2) is 0 Å². The van der Waals surface area contributed by atoms with Crippen LogP contribution < -0.4 is 9.04 Å². The van der Waals surface area contributed by atoms with Gasteiger partial charge in [-0.15, -0.1) is 0 Å². The standard InChI is InChI=1S/C28H30N4O3S/c1-19(29)23-6-5-22-4-3-21(15-25(22)16-23)18-32-28-8-7-27(17-24(28)11-14-36(32,33)34)35-26-9-12-31(13-10-26)20(2)30/h3-8,11,14-17,26,29-30H,9-10,12-13,18H2,1-2H3. The number of anilines is 1. The van der Waals surface area contributed by atoms with Crippen molar-refractivity contribution in [2.75, 3.05) is 17.4 Å². The van der Waals surface area contributed by atoms with E-state index < -0.39 is 10.0 Å². The molecule has 0 spiro atoms. The fourth-order valence-electron chi connectivity index (χ4n) is 4.81. The summed E-state index contributed by atoms with van der Waals surface area (Å²) in [5.41, 5.74) is 3.65. The zero-order chi connectivity index (χ0) is 25.4. The van der Waals surface area contributed by atoms with Gasteiger partial charge in [0.2, 0.25) is 0 Å². The van der Waals surface area contributed by atoms with Gasteiger partial charge in [0.25, 0.3) is 10.0 Å². The minimum absolute atomic E-state index is 0.0816. The van der Waals surface area contributed by atoms with Crippen LogP contribution in [0.15, 0.2) is 60.0 Å². The van der Waals surface area contributed by atoms with Crippen LogP contribution >= 0.6 is 0 Å². The highest BCUT2D eigenvalue weighted by Crippen LogP contribution is 2.35. The zero-order valence-electron chi connectivity index (χ0n) is 20.5. The largest absolute Gasteiger partial charge is 0.490 e. The first-order valence-electron chi connectivity index (χ1n) is 12.1. The highest BCUT2D eigenvalue weighted by molar-refractivity contribution is 7.95. The predicted octanol–water partition coefficient (Wildman–Crippen LogP) is 5.39. The van der Waals surface area contributed by atoms with E-state index >= 15 is 0 Å². The molecule has 2 N–H and O–H groups in total. The van der Waals surface area contributed by atoms with Crippen molar-refractivity contribution in [2.24, 2.45) is 0 Å². The Balaban J connectivity index is 1.38. The van der Waals surface area contributed by atoms with Gasteiger partial charge in [-0.25, -0.2) is 8.42 Å². The summed E-state index contributed by atoms with van der Waals surface area (Å²) in [6, 6.07) is 17.4. The number of benzene rings is 3. The number of nitrogens with one attached hydrogen (secondary N) is 2. The lowest BCUT2D eigenvalue weighted by molar-refractivity contribution is 0.130. The lowest BCUT2D eigenvalue weighted by atomic mass is 10.0. The Bertz CT molecular complexity index is 1490. The third kappa shape index (κ3) is 4.86. The fourth-order valence-corrected chi connectivity index (χ4v) is 6.04. The van der Waals surface area contributed by atoms with Gasteiger partial charge in [-0.3, -0.25) is 9.71 Å². The molecule has 1 fully saturated rings. The van der Waals surface area contributed by atoms with E-state index in [1.54, 1.807) is 13.0 Å². The molecule has 8 heteroatoms. The molecule has 0 aromatic heterocycles. The molecular formula is C28H30N4O3S. The van der Waals surface area contributed by atoms with Crippen LogP contribution in [0.1, 0.15) is 43.4 Å². The molecule has 0 saturated carbocycles. The van der Waals surface area contributed by atoms with Crippen LogP contribution in [0.3, 0.4) is 0 Å². The second-order valence-corrected chi connectivity index (χ2v) is 11.2. The minimum Gasteiger partial charge on any atom is -0.490 e. The average Bonchev–Trinajstić information content (AvgIpc) is 2.85. The van der Waals surface area contributed by atoms with E-state index in [9.17, 15) is 8.42 Å². The number of amidine groups is 1. The Morgan fingerprint density at radius 3 is 2.44 bits per heavy atom. The monoisotopic (exact) mass is 502 g/mol. The molecule has 0 amide bonds. The Labute approximate surface area is 212 Å². The lowest BCUT2D eigenvalue weighted by Gasteiger charge is -2.33. The van der Waals surface area contributed by atoms with E-state index in [-0.39, 0.29) is 12.6 Å². The van der Waals surface area contributed by atoms with E-state index in [2.05, 4.69) is 4.90 Å². The summed E-state index contributed by atoms with van der Waals surface area (Å²) >= 11 is 0. The van der Waals surface area contributed by atoms with Crippen LogP contribution in [0.25, 0.3) is 16.8 Å². The van der Waals surface area contributed by atoms with Crippen LogP contribution in [0.5, 0.6) is 5.75 Å². The normalized spacial score (nSPS) is 17.2. The number of fused-ring (bicyclic) bond motifs is 2. The van der Waals surface area contributed by atoms with Gasteiger partial charge >= 0.3 is 0 Å².